The third-order valence-corrected chi connectivity index (χ3v) is 6.12. The van der Waals surface area contributed by atoms with Gasteiger partial charge in [-0.2, -0.15) is 23.5 Å². The molecule has 2 saturated heterocycles. The largest absolute Gasteiger partial charge is 0.389 e. The molecule has 0 radical (unpaired) electrons. The topological polar surface area (TPSA) is 50.7 Å². The standard InChI is InChI=1S/C13H25NO3S2/c15-11(8-16-9-12-2-1-3-17-12)6-14-7-13-10-18-4-5-19-13/h11-15H,1-10H2. The first kappa shape index (κ1) is 15.9. The molecule has 2 aliphatic rings. The Balaban J connectivity index is 1.43. The van der Waals surface area contributed by atoms with Crippen LogP contribution in [-0.2, 0) is 9.47 Å². The summed E-state index contributed by atoms with van der Waals surface area (Å²) in [5.41, 5.74) is 0. The molecular weight excluding hydrogens is 282 g/mol. The molecule has 0 aliphatic carbocycles. The molecule has 3 atom stereocenters. The van der Waals surface area contributed by atoms with Crippen molar-refractivity contribution in [3.8, 4) is 0 Å². The molecule has 112 valence electrons. The van der Waals surface area contributed by atoms with Gasteiger partial charge in [-0.1, -0.05) is 0 Å². The van der Waals surface area contributed by atoms with Gasteiger partial charge in [0.1, 0.15) is 0 Å². The van der Waals surface area contributed by atoms with Crippen molar-refractivity contribution < 1.29 is 14.6 Å². The van der Waals surface area contributed by atoms with E-state index >= 15 is 0 Å². The quantitative estimate of drug-likeness (QED) is 0.697. The van der Waals surface area contributed by atoms with Crippen LogP contribution in [0.2, 0.25) is 0 Å². The number of aliphatic hydroxyl groups is 1. The molecule has 0 bridgehead atoms. The highest BCUT2D eigenvalue weighted by Gasteiger charge is 2.17. The van der Waals surface area contributed by atoms with E-state index in [1.807, 2.05) is 23.5 Å². The van der Waals surface area contributed by atoms with E-state index in [-0.39, 0.29) is 6.10 Å². The molecule has 0 saturated carbocycles. The lowest BCUT2D eigenvalue weighted by molar-refractivity contribution is -0.0163. The molecule has 6 heteroatoms. The Kier molecular flexibility index (Phi) is 7.94. The summed E-state index contributed by atoms with van der Waals surface area (Å²) in [4.78, 5) is 0. The van der Waals surface area contributed by atoms with Crippen molar-refractivity contribution in [2.45, 2.75) is 30.3 Å². The lowest BCUT2D eigenvalue weighted by Gasteiger charge is -2.22. The Labute approximate surface area is 124 Å². The predicted molar refractivity (Wildman–Crippen MR) is 82.2 cm³/mol. The summed E-state index contributed by atoms with van der Waals surface area (Å²) in [5.74, 6) is 3.76. The third kappa shape index (κ3) is 6.69. The average Bonchev–Trinajstić information content (AvgIpc) is 2.93. The van der Waals surface area contributed by atoms with Gasteiger partial charge in [-0.05, 0) is 12.8 Å². The van der Waals surface area contributed by atoms with Gasteiger partial charge in [-0.3, -0.25) is 0 Å². The second-order valence-electron chi connectivity index (χ2n) is 5.05. The number of aliphatic hydroxyl groups excluding tert-OH is 1. The summed E-state index contributed by atoms with van der Waals surface area (Å²) < 4.78 is 11.0. The maximum Gasteiger partial charge on any atom is 0.0897 e. The lowest BCUT2D eigenvalue weighted by Crippen LogP contribution is -2.36. The monoisotopic (exact) mass is 307 g/mol. The van der Waals surface area contributed by atoms with E-state index in [9.17, 15) is 5.11 Å². The molecule has 2 N–H and O–H groups in total. The summed E-state index contributed by atoms with van der Waals surface area (Å²) in [6.07, 6.45) is 2.05. The Morgan fingerprint density at radius 3 is 3.11 bits per heavy atom. The molecule has 0 aromatic carbocycles. The first-order valence-electron chi connectivity index (χ1n) is 7.12. The second kappa shape index (κ2) is 9.47. The zero-order valence-electron chi connectivity index (χ0n) is 11.4. The van der Waals surface area contributed by atoms with Gasteiger partial charge in [0, 0.05) is 42.2 Å². The number of rotatable bonds is 8. The van der Waals surface area contributed by atoms with Crippen molar-refractivity contribution >= 4 is 23.5 Å². The van der Waals surface area contributed by atoms with Crippen LogP contribution in [0.3, 0.4) is 0 Å². The Bertz CT molecular complexity index is 234. The van der Waals surface area contributed by atoms with E-state index in [2.05, 4.69) is 5.32 Å². The van der Waals surface area contributed by atoms with Gasteiger partial charge < -0.3 is 19.9 Å². The minimum atomic E-state index is -0.414. The number of ether oxygens (including phenoxy) is 2. The van der Waals surface area contributed by atoms with Crippen LogP contribution in [0.5, 0.6) is 0 Å². The number of nitrogens with one attached hydrogen (secondary N) is 1. The first-order valence-corrected chi connectivity index (χ1v) is 9.32. The van der Waals surface area contributed by atoms with Crippen LogP contribution in [-0.4, -0.2) is 72.7 Å². The molecule has 2 fully saturated rings. The van der Waals surface area contributed by atoms with Crippen LogP contribution in [0.4, 0.5) is 0 Å². The SMILES string of the molecule is OC(CNCC1CSCCS1)COCC1CCCO1. The van der Waals surface area contributed by atoms with Gasteiger partial charge >= 0.3 is 0 Å². The van der Waals surface area contributed by atoms with E-state index < -0.39 is 6.10 Å². The normalized spacial score (nSPS) is 29.5. The van der Waals surface area contributed by atoms with Gasteiger partial charge in [0.25, 0.3) is 0 Å². The van der Waals surface area contributed by atoms with E-state index in [0.29, 0.717) is 25.0 Å². The molecule has 2 heterocycles. The minimum Gasteiger partial charge on any atom is -0.389 e. The fourth-order valence-electron chi connectivity index (χ4n) is 2.24. The smallest absolute Gasteiger partial charge is 0.0897 e. The van der Waals surface area contributed by atoms with Crippen molar-refractivity contribution in [3.63, 3.8) is 0 Å². The first-order chi connectivity index (χ1) is 9.34. The molecule has 0 amide bonds. The Morgan fingerprint density at radius 1 is 1.42 bits per heavy atom. The molecule has 2 rings (SSSR count). The highest BCUT2D eigenvalue weighted by atomic mass is 32.2. The van der Waals surface area contributed by atoms with Crippen molar-refractivity contribution in [3.05, 3.63) is 0 Å². The maximum absolute atomic E-state index is 9.81. The van der Waals surface area contributed by atoms with Crippen LogP contribution in [0.15, 0.2) is 0 Å². The van der Waals surface area contributed by atoms with Gasteiger partial charge in [-0.25, -0.2) is 0 Å². The van der Waals surface area contributed by atoms with Crippen LogP contribution in [0.1, 0.15) is 12.8 Å². The van der Waals surface area contributed by atoms with E-state index in [1.165, 1.54) is 17.3 Å². The van der Waals surface area contributed by atoms with Crippen molar-refractivity contribution in [2.24, 2.45) is 0 Å². The van der Waals surface area contributed by atoms with Gasteiger partial charge in [-0.15, -0.1) is 0 Å². The molecule has 0 aromatic heterocycles. The fraction of sp³-hybridized carbons (Fsp3) is 1.00. The molecule has 0 aromatic rings. The maximum atomic E-state index is 9.81. The van der Waals surface area contributed by atoms with Crippen LogP contribution in [0, 0.1) is 0 Å². The molecule has 4 nitrogen and oxygen atoms in total. The number of hydrogen-bond acceptors (Lipinski definition) is 6. The van der Waals surface area contributed by atoms with Crippen LogP contribution in [0.25, 0.3) is 0 Å². The lowest BCUT2D eigenvalue weighted by atomic mass is 10.2. The highest BCUT2D eigenvalue weighted by Crippen LogP contribution is 2.23. The number of hydrogen-bond donors (Lipinski definition) is 2. The zero-order chi connectivity index (χ0) is 13.3. The van der Waals surface area contributed by atoms with Gasteiger partial charge in [0.15, 0.2) is 0 Å². The van der Waals surface area contributed by atoms with E-state index in [4.69, 9.17) is 9.47 Å². The summed E-state index contributed by atoms with van der Waals surface area (Å²) in [5, 5.41) is 13.8. The van der Waals surface area contributed by atoms with Gasteiger partial charge in [0.05, 0.1) is 25.4 Å². The average molecular weight is 307 g/mol. The molecule has 0 spiro atoms. The molecule has 2 aliphatic heterocycles. The van der Waals surface area contributed by atoms with Crippen LogP contribution < -0.4 is 5.32 Å². The van der Waals surface area contributed by atoms with Gasteiger partial charge in [0.2, 0.25) is 0 Å². The molecular formula is C13H25NO3S2. The summed E-state index contributed by atoms with van der Waals surface area (Å²) in [7, 11) is 0. The van der Waals surface area contributed by atoms with E-state index in [1.54, 1.807) is 0 Å². The minimum absolute atomic E-state index is 0.246. The molecule has 19 heavy (non-hydrogen) atoms. The summed E-state index contributed by atoms with van der Waals surface area (Å²) in [6, 6.07) is 0. The molecule has 3 unspecified atom stereocenters. The predicted octanol–water partition coefficient (Wildman–Crippen LogP) is 0.981. The van der Waals surface area contributed by atoms with E-state index in [0.717, 1.165) is 26.0 Å². The zero-order valence-corrected chi connectivity index (χ0v) is 13.0. The number of thioether (sulfide) groups is 2. The summed E-state index contributed by atoms with van der Waals surface area (Å²) >= 11 is 4.06. The van der Waals surface area contributed by atoms with Crippen LogP contribution >= 0.6 is 23.5 Å². The summed E-state index contributed by atoms with van der Waals surface area (Å²) in [6.45, 7) is 3.48. The Hall–Kier alpha value is 0.540. The highest BCUT2D eigenvalue weighted by molar-refractivity contribution is 8.06. The van der Waals surface area contributed by atoms with Crippen molar-refractivity contribution in [1.29, 1.82) is 0 Å². The van der Waals surface area contributed by atoms with Crippen molar-refractivity contribution in [2.75, 3.05) is 50.2 Å². The second-order valence-corrected chi connectivity index (χ2v) is 7.61. The third-order valence-electron chi connectivity index (χ3n) is 3.27. The van der Waals surface area contributed by atoms with Crippen molar-refractivity contribution in [1.82, 2.24) is 5.32 Å². The Morgan fingerprint density at radius 2 is 2.37 bits per heavy atom. The fourth-order valence-corrected chi connectivity index (χ4v) is 4.88.